The highest BCUT2D eigenvalue weighted by Crippen LogP contribution is 2.33. The third kappa shape index (κ3) is 5.95. The highest BCUT2D eigenvalue weighted by Gasteiger charge is 2.32. The zero-order valence-corrected chi connectivity index (χ0v) is 20.2. The van der Waals surface area contributed by atoms with Crippen LogP contribution in [-0.4, -0.2) is 37.6 Å². The van der Waals surface area contributed by atoms with Crippen molar-refractivity contribution in [2.45, 2.75) is 71.3 Å². The number of hydrogen-bond donors (Lipinski definition) is 2. The van der Waals surface area contributed by atoms with E-state index in [1.54, 1.807) is 0 Å². The molecule has 1 aromatic carbocycles. The molecule has 2 heterocycles. The van der Waals surface area contributed by atoms with Crippen molar-refractivity contribution < 1.29 is 22.7 Å². The van der Waals surface area contributed by atoms with E-state index in [4.69, 9.17) is 11.6 Å². The summed E-state index contributed by atoms with van der Waals surface area (Å²) < 4.78 is 43.1. The highest BCUT2D eigenvalue weighted by atomic mass is 35.5. The summed E-state index contributed by atoms with van der Waals surface area (Å²) in [5, 5.41) is 7.11. The molecule has 0 unspecified atom stereocenters. The van der Waals surface area contributed by atoms with Gasteiger partial charge in [-0.2, -0.15) is 5.10 Å². The summed E-state index contributed by atoms with van der Waals surface area (Å²) in [6, 6.07) is 2.43. The van der Waals surface area contributed by atoms with Gasteiger partial charge < -0.3 is 15.0 Å². The lowest BCUT2D eigenvalue weighted by Gasteiger charge is -2.22. The zero-order chi connectivity index (χ0) is 25.5. The summed E-state index contributed by atoms with van der Waals surface area (Å²) in [5.74, 6) is -0.437. The van der Waals surface area contributed by atoms with E-state index in [0.29, 0.717) is 35.4 Å². The second-order valence-corrected chi connectivity index (χ2v) is 9.99. The number of fused-ring (bicyclic) bond motifs is 2. The van der Waals surface area contributed by atoms with Crippen LogP contribution in [0.4, 0.5) is 13.2 Å². The Morgan fingerprint density at radius 1 is 1.20 bits per heavy atom. The molecule has 188 valence electrons. The first kappa shape index (κ1) is 25.0. The molecular weight excluding hydrogens is 487 g/mol. The summed E-state index contributed by atoms with van der Waals surface area (Å²) in [4.78, 5) is 32.9. The number of hydrogen-bond acceptors (Lipinski definition) is 5. The zero-order valence-electron chi connectivity index (χ0n) is 19.5. The first-order chi connectivity index (χ1) is 16.3. The fourth-order valence-corrected chi connectivity index (χ4v) is 4.42. The Morgan fingerprint density at radius 2 is 1.89 bits per heavy atom. The van der Waals surface area contributed by atoms with Gasteiger partial charge in [-0.1, -0.05) is 11.6 Å². The van der Waals surface area contributed by atoms with Crippen LogP contribution < -0.4 is 15.6 Å². The maximum atomic E-state index is 13.0. The van der Waals surface area contributed by atoms with Crippen molar-refractivity contribution >= 4 is 28.5 Å². The van der Waals surface area contributed by atoms with Crippen molar-refractivity contribution in [2.24, 2.45) is 0 Å². The molecule has 0 aliphatic heterocycles. The van der Waals surface area contributed by atoms with Crippen molar-refractivity contribution in [1.29, 1.82) is 0 Å². The first-order valence-electron chi connectivity index (χ1n) is 11.2. The molecule has 2 N–H and O–H groups in total. The second-order valence-electron chi connectivity index (χ2n) is 9.58. The Morgan fingerprint density at radius 3 is 2.54 bits per heavy atom. The summed E-state index contributed by atoms with van der Waals surface area (Å²) in [6.07, 6.45) is -1.64. The van der Waals surface area contributed by atoms with Crippen LogP contribution >= 0.6 is 11.6 Å². The van der Waals surface area contributed by atoms with E-state index in [1.165, 1.54) is 10.7 Å². The van der Waals surface area contributed by atoms with Crippen LogP contribution in [0.3, 0.4) is 0 Å². The summed E-state index contributed by atoms with van der Waals surface area (Å²) >= 11 is 5.94. The Hall–Kier alpha value is -3.08. The van der Waals surface area contributed by atoms with Crippen LogP contribution in [0.2, 0.25) is 5.02 Å². The molecular formula is C23H25ClF3N5O3. The van der Waals surface area contributed by atoms with Gasteiger partial charge in [-0.3, -0.25) is 9.59 Å². The average molecular weight is 512 g/mol. The van der Waals surface area contributed by atoms with Crippen LogP contribution in [0, 0.1) is 0 Å². The molecule has 0 spiro atoms. The molecule has 1 amide bonds. The minimum atomic E-state index is -4.88. The van der Waals surface area contributed by atoms with Gasteiger partial charge in [0.1, 0.15) is 18.1 Å². The van der Waals surface area contributed by atoms with Gasteiger partial charge >= 0.3 is 6.36 Å². The Balaban J connectivity index is 1.69. The molecule has 0 bridgehead atoms. The van der Waals surface area contributed by atoms with Crippen LogP contribution in [-0.2, 0) is 30.6 Å². The number of amides is 1. The lowest BCUT2D eigenvalue weighted by molar-refractivity contribution is -0.274. The quantitative estimate of drug-likeness (QED) is 0.538. The lowest BCUT2D eigenvalue weighted by Crippen LogP contribution is -2.44. The van der Waals surface area contributed by atoms with Gasteiger partial charge in [0.15, 0.2) is 0 Å². The first-order valence-corrected chi connectivity index (χ1v) is 11.5. The molecule has 0 fully saturated rings. The number of aromatic nitrogens is 4. The van der Waals surface area contributed by atoms with Gasteiger partial charge in [0.25, 0.3) is 5.56 Å². The largest absolute Gasteiger partial charge is 0.573 e. The average Bonchev–Trinajstić information content (AvgIpc) is 3.10. The summed E-state index contributed by atoms with van der Waals surface area (Å²) in [6.45, 7) is 5.32. The van der Waals surface area contributed by atoms with E-state index in [9.17, 15) is 22.8 Å². The van der Waals surface area contributed by atoms with Crippen molar-refractivity contribution in [3.8, 4) is 5.75 Å². The van der Waals surface area contributed by atoms with E-state index in [1.807, 2.05) is 20.8 Å². The van der Waals surface area contributed by atoms with Crippen molar-refractivity contribution in [1.82, 2.24) is 25.1 Å². The fraction of sp³-hybridized carbons (Fsp3) is 0.478. The number of benzene rings is 1. The van der Waals surface area contributed by atoms with E-state index in [0.717, 1.165) is 24.5 Å². The number of imidazole rings is 1. The van der Waals surface area contributed by atoms with Crippen molar-refractivity contribution in [2.75, 3.05) is 0 Å². The molecule has 0 radical (unpaired) electrons. The molecule has 0 atom stereocenters. The van der Waals surface area contributed by atoms with E-state index < -0.39 is 17.7 Å². The molecule has 1 aliphatic rings. The molecule has 8 nitrogen and oxygen atoms in total. The van der Waals surface area contributed by atoms with Gasteiger partial charge in [-0.05, 0) is 58.1 Å². The molecule has 0 saturated carbocycles. The molecule has 2 aromatic heterocycles. The third-order valence-electron chi connectivity index (χ3n) is 5.50. The highest BCUT2D eigenvalue weighted by molar-refractivity contribution is 6.32. The van der Waals surface area contributed by atoms with Crippen LogP contribution in [0.5, 0.6) is 5.75 Å². The van der Waals surface area contributed by atoms with Gasteiger partial charge in [0.2, 0.25) is 5.91 Å². The van der Waals surface area contributed by atoms with Crippen molar-refractivity contribution in [3.05, 3.63) is 50.2 Å². The van der Waals surface area contributed by atoms with Crippen molar-refractivity contribution in [3.63, 3.8) is 0 Å². The maximum absolute atomic E-state index is 13.0. The monoisotopic (exact) mass is 511 g/mol. The molecule has 4 rings (SSSR count). The van der Waals surface area contributed by atoms with E-state index >= 15 is 0 Å². The predicted octanol–water partition coefficient (Wildman–Crippen LogP) is 4.06. The molecule has 35 heavy (non-hydrogen) atoms. The number of H-pyrrole nitrogens is 1. The number of carbonyl (C=O) groups is 1. The van der Waals surface area contributed by atoms with E-state index in [-0.39, 0.29) is 35.0 Å². The number of ether oxygens (including phenoxy) is 1. The number of nitrogens with one attached hydrogen (secondary N) is 2. The number of nitrogens with zero attached hydrogens (tertiary/aromatic N) is 3. The van der Waals surface area contributed by atoms with Gasteiger partial charge in [-0.15, -0.1) is 13.2 Å². The normalized spacial score (nSPS) is 14.1. The number of rotatable bonds is 5. The number of carbonyl (C=O) groups excluding carboxylic acids is 1. The smallest absolute Gasteiger partial charge is 0.404 e. The Bertz CT molecular complexity index is 1340. The molecule has 1 aliphatic carbocycles. The third-order valence-corrected chi connectivity index (χ3v) is 5.80. The molecule has 0 saturated heterocycles. The van der Waals surface area contributed by atoms with Gasteiger partial charge in [-0.25, -0.2) is 9.67 Å². The van der Waals surface area contributed by atoms with E-state index in [2.05, 4.69) is 25.1 Å². The molecule has 3 aromatic rings. The second kappa shape index (κ2) is 9.18. The van der Waals surface area contributed by atoms with Gasteiger partial charge in [0, 0.05) is 17.2 Å². The SMILES string of the molecule is CC(C)(C)NC(=O)Cn1nc(Cc2nc3cc(OC(F)(F)F)c(Cl)cc3[nH]2)c2c(c1=O)CCCC2. The maximum Gasteiger partial charge on any atom is 0.573 e. The number of alkyl halides is 3. The van der Waals surface area contributed by atoms with Crippen LogP contribution in [0.1, 0.15) is 56.3 Å². The fourth-order valence-electron chi connectivity index (χ4n) is 4.22. The Kier molecular flexibility index (Phi) is 6.56. The summed E-state index contributed by atoms with van der Waals surface area (Å²) in [5.41, 5.74) is 2.03. The predicted molar refractivity (Wildman–Crippen MR) is 124 cm³/mol. The summed E-state index contributed by atoms with van der Waals surface area (Å²) in [7, 11) is 0. The lowest BCUT2D eigenvalue weighted by atomic mass is 9.91. The minimum Gasteiger partial charge on any atom is -0.404 e. The topological polar surface area (TPSA) is 102 Å². The minimum absolute atomic E-state index is 0.200. The van der Waals surface area contributed by atoms with Crippen LogP contribution in [0.15, 0.2) is 16.9 Å². The molecule has 12 heteroatoms. The Labute approximate surface area is 203 Å². The standard InChI is InChI=1S/C23H25ClF3N5O3/c1-22(2,3)30-20(33)11-32-21(34)13-7-5-4-6-12(13)15(31-32)10-19-28-16-8-14(24)18(9-17(16)29-19)35-23(25,26)27/h8-9H,4-7,10-11H2,1-3H3,(H,28,29)(H,30,33). The van der Waals surface area contributed by atoms with Crippen LogP contribution in [0.25, 0.3) is 11.0 Å². The number of aromatic amines is 1. The number of halogens is 4. The van der Waals surface area contributed by atoms with Gasteiger partial charge in [0.05, 0.1) is 28.2 Å².